The van der Waals surface area contributed by atoms with E-state index in [9.17, 15) is 31.1 Å². The average Bonchev–Trinajstić information content (AvgIpc) is 2.28. The molecule has 1 N–H and O–H groups in total. The predicted octanol–water partition coefficient (Wildman–Crippen LogP) is 3.53. The van der Waals surface area contributed by atoms with Crippen LogP contribution in [0.4, 0.5) is 32.0 Å². The zero-order chi connectivity index (χ0) is 16.3. The van der Waals surface area contributed by atoms with E-state index in [0.29, 0.717) is 6.07 Å². The molecular formula is C12H11F6NO2. The lowest BCUT2D eigenvalue weighted by Gasteiger charge is -2.13. The number of anilines is 1. The molecule has 0 unspecified atom stereocenters. The van der Waals surface area contributed by atoms with Crippen LogP contribution in [0.2, 0.25) is 0 Å². The van der Waals surface area contributed by atoms with Gasteiger partial charge in [-0.25, -0.2) is 0 Å². The minimum atomic E-state index is -4.59. The molecule has 0 atom stereocenters. The van der Waals surface area contributed by atoms with Gasteiger partial charge in [0.15, 0.2) is 0 Å². The van der Waals surface area contributed by atoms with Crippen molar-refractivity contribution in [1.29, 1.82) is 0 Å². The highest BCUT2D eigenvalue weighted by atomic mass is 19.4. The van der Waals surface area contributed by atoms with Gasteiger partial charge >= 0.3 is 12.4 Å². The van der Waals surface area contributed by atoms with Gasteiger partial charge in [0.2, 0.25) is 5.91 Å². The first-order valence-electron chi connectivity index (χ1n) is 5.61. The topological polar surface area (TPSA) is 38.3 Å². The minimum absolute atomic E-state index is 0.0335. The van der Waals surface area contributed by atoms with Crippen LogP contribution in [0, 0.1) is 6.92 Å². The van der Waals surface area contributed by atoms with Crippen molar-refractivity contribution in [3.8, 4) is 0 Å². The Morgan fingerprint density at radius 3 is 2.33 bits per heavy atom. The maximum absolute atomic E-state index is 12.6. The minimum Gasteiger partial charge on any atom is -0.362 e. The molecule has 1 aromatic rings. The Morgan fingerprint density at radius 1 is 1.19 bits per heavy atom. The smallest absolute Gasteiger partial charge is 0.362 e. The Hall–Kier alpha value is -1.77. The Labute approximate surface area is 115 Å². The maximum Gasteiger partial charge on any atom is 0.416 e. The Kier molecular flexibility index (Phi) is 5.21. The third kappa shape index (κ3) is 6.03. The van der Waals surface area contributed by atoms with Crippen molar-refractivity contribution in [2.24, 2.45) is 0 Å². The Morgan fingerprint density at radius 2 is 1.81 bits per heavy atom. The quantitative estimate of drug-likeness (QED) is 0.863. The molecule has 9 heteroatoms. The van der Waals surface area contributed by atoms with Crippen molar-refractivity contribution in [1.82, 2.24) is 0 Å². The van der Waals surface area contributed by atoms with Gasteiger partial charge < -0.3 is 10.1 Å². The van der Waals surface area contributed by atoms with E-state index < -0.39 is 37.0 Å². The van der Waals surface area contributed by atoms with Crippen LogP contribution >= 0.6 is 0 Å². The van der Waals surface area contributed by atoms with E-state index >= 15 is 0 Å². The van der Waals surface area contributed by atoms with Gasteiger partial charge in [-0.2, -0.15) is 26.3 Å². The Balaban J connectivity index is 2.65. The largest absolute Gasteiger partial charge is 0.416 e. The molecule has 1 aromatic carbocycles. The molecule has 1 rings (SSSR count). The number of halogens is 6. The molecule has 0 aliphatic carbocycles. The second-order valence-electron chi connectivity index (χ2n) is 4.18. The summed E-state index contributed by atoms with van der Waals surface area (Å²) >= 11 is 0. The normalized spacial score (nSPS) is 12.3. The lowest BCUT2D eigenvalue weighted by atomic mass is 10.1. The first kappa shape index (κ1) is 17.3. The zero-order valence-corrected chi connectivity index (χ0v) is 10.7. The van der Waals surface area contributed by atoms with Crippen LogP contribution in [0.15, 0.2) is 18.2 Å². The second kappa shape index (κ2) is 6.33. The third-order valence-electron chi connectivity index (χ3n) is 2.33. The number of benzene rings is 1. The average molecular weight is 315 g/mol. The first-order valence-corrected chi connectivity index (χ1v) is 5.61. The van der Waals surface area contributed by atoms with Crippen LogP contribution in [-0.4, -0.2) is 25.3 Å². The van der Waals surface area contributed by atoms with Crippen molar-refractivity contribution in [3.05, 3.63) is 29.3 Å². The third-order valence-corrected chi connectivity index (χ3v) is 2.33. The second-order valence-corrected chi connectivity index (χ2v) is 4.18. The highest BCUT2D eigenvalue weighted by molar-refractivity contribution is 5.91. The molecule has 3 nitrogen and oxygen atoms in total. The lowest BCUT2D eigenvalue weighted by molar-refractivity contribution is -0.174. The van der Waals surface area contributed by atoms with Crippen molar-refractivity contribution < 1.29 is 35.9 Å². The summed E-state index contributed by atoms with van der Waals surface area (Å²) in [5.74, 6) is -0.976. The van der Waals surface area contributed by atoms with E-state index in [4.69, 9.17) is 0 Å². The number of aryl methyl sites for hydroxylation is 1. The van der Waals surface area contributed by atoms with Gasteiger partial charge in [-0.3, -0.25) is 4.79 Å². The van der Waals surface area contributed by atoms with E-state index in [1.807, 2.05) is 5.32 Å². The Bertz CT molecular complexity index is 509. The molecule has 0 aliphatic rings. The highest BCUT2D eigenvalue weighted by Gasteiger charge is 2.32. The lowest BCUT2D eigenvalue weighted by Crippen LogP contribution is -2.24. The van der Waals surface area contributed by atoms with Gasteiger partial charge in [0.25, 0.3) is 0 Å². The zero-order valence-electron chi connectivity index (χ0n) is 10.7. The van der Waals surface area contributed by atoms with Crippen LogP contribution in [0.5, 0.6) is 0 Å². The molecule has 21 heavy (non-hydrogen) atoms. The molecule has 0 fully saturated rings. The van der Waals surface area contributed by atoms with Gasteiger partial charge in [0.05, 0.1) is 5.56 Å². The van der Waals surface area contributed by atoms with E-state index in [1.54, 1.807) is 0 Å². The molecule has 0 radical (unpaired) electrons. The van der Waals surface area contributed by atoms with E-state index in [2.05, 4.69) is 4.74 Å². The number of alkyl halides is 6. The monoisotopic (exact) mass is 315 g/mol. The first-order chi connectivity index (χ1) is 9.49. The summed E-state index contributed by atoms with van der Waals surface area (Å²) in [6.07, 6.45) is -9.16. The van der Waals surface area contributed by atoms with Crippen molar-refractivity contribution in [2.75, 3.05) is 18.5 Å². The molecule has 0 aliphatic heterocycles. The molecule has 0 aromatic heterocycles. The number of amides is 1. The van der Waals surface area contributed by atoms with Gasteiger partial charge in [-0.1, -0.05) is 6.07 Å². The summed E-state index contributed by atoms with van der Waals surface area (Å²) < 4.78 is 77.3. The summed E-state index contributed by atoms with van der Waals surface area (Å²) in [5.41, 5.74) is -1.14. The van der Waals surface area contributed by atoms with Gasteiger partial charge in [0, 0.05) is 5.69 Å². The standard InChI is InChI=1S/C12H11F6NO2/c1-7-2-3-8(4-9(7)12(16,17)18)19-10(20)5-21-6-11(13,14)15/h2-4H,5-6H2,1H3,(H,19,20). The van der Waals surface area contributed by atoms with E-state index in [-0.39, 0.29) is 11.3 Å². The SMILES string of the molecule is Cc1ccc(NC(=O)COCC(F)(F)F)cc1C(F)(F)F. The fraction of sp³-hybridized carbons (Fsp3) is 0.417. The molecule has 0 heterocycles. The van der Waals surface area contributed by atoms with Crippen LogP contribution in [-0.2, 0) is 15.7 Å². The molecule has 0 spiro atoms. The number of nitrogens with one attached hydrogen (secondary N) is 1. The van der Waals surface area contributed by atoms with E-state index in [0.717, 1.165) is 6.07 Å². The highest BCUT2D eigenvalue weighted by Crippen LogP contribution is 2.33. The number of ether oxygens (including phenoxy) is 1. The van der Waals surface area contributed by atoms with Crippen molar-refractivity contribution >= 4 is 11.6 Å². The number of hydrogen-bond acceptors (Lipinski definition) is 2. The summed E-state index contributed by atoms with van der Waals surface area (Å²) in [7, 11) is 0. The summed E-state index contributed by atoms with van der Waals surface area (Å²) in [4.78, 5) is 11.3. The molecule has 0 saturated heterocycles. The number of carbonyl (C=O) groups is 1. The van der Waals surface area contributed by atoms with Crippen LogP contribution in [0.25, 0.3) is 0 Å². The number of rotatable bonds is 4. The van der Waals surface area contributed by atoms with Crippen molar-refractivity contribution in [2.45, 2.75) is 19.3 Å². The molecule has 1 amide bonds. The number of hydrogen-bond donors (Lipinski definition) is 1. The maximum atomic E-state index is 12.6. The van der Waals surface area contributed by atoms with Crippen LogP contribution < -0.4 is 5.32 Å². The van der Waals surface area contributed by atoms with Gasteiger partial charge in [0.1, 0.15) is 13.2 Å². The molecule has 118 valence electrons. The van der Waals surface area contributed by atoms with Gasteiger partial charge in [-0.15, -0.1) is 0 Å². The van der Waals surface area contributed by atoms with Crippen molar-refractivity contribution in [3.63, 3.8) is 0 Å². The summed E-state index contributed by atoms with van der Waals surface area (Å²) in [5, 5.41) is 2.04. The number of carbonyl (C=O) groups excluding carboxylic acids is 1. The fourth-order valence-corrected chi connectivity index (χ4v) is 1.46. The molecule has 0 bridgehead atoms. The fourth-order valence-electron chi connectivity index (χ4n) is 1.46. The predicted molar refractivity (Wildman–Crippen MR) is 61.7 cm³/mol. The summed E-state index contributed by atoms with van der Waals surface area (Å²) in [6.45, 7) is -1.27. The summed E-state index contributed by atoms with van der Waals surface area (Å²) in [6, 6.07) is 3.07. The molecular weight excluding hydrogens is 304 g/mol. The van der Waals surface area contributed by atoms with E-state index in [1.165, 1.54) is 13.0 Å². The van der Waals surface area contributed by atoms with Crippen LogP contribution in [0.3, 0.4) is 0 Å². The molecule has 0 saturated carbocycles. The van der Waals surface area contributed by atoms with Crippen LogP contribution in [0.1, 0.15) is 11.1 Å². The van der Waals surface area contributed by atoms with Gasteiger partial charge in [-0.05, 0) is 24.6 Å².